The van der Waals surface area contributed by atoms with Crippen molar-refractivity contribution in [3.63, 3.8) is 0 Å². The summed E-state index contributed by atoms with van der Waals surface area (Å²) < 4.78 is 7.45. The van der Waals surface area contributed by atoms with Gasteiger partial charge in [0.1, 0.15) is 12.2 Å². The van der Waals surface area contributed by atoms with E-state index in [0.717, 1.165) is 11.5 Å². The molecule has 20 heavy (non-hydrogen) atoms. The normalized spacial score (nSPS) is 18.8. The van der Waals surface area contributed by atoms with Crippen molar-refractivity contribution in [3.05, 3.63) is 12.2 Å². The van der Waals surface area contributed by atoms with Crippen LogP contribution < -0.4 is 4.74 Å². The Morgan fingerprint density at radius 3 is 2.65 bits per heavy atom. The summed E-state index contributed by atoms with van der Waals surface area (Å²) in [4.78, 5) is 13.2. The van der Waals surface area contributed by atoms with E-state index in [1.54, 1.807) is 7.11 Å². The third-order valence-corrected chi connectivity index (χ3v) is 4.45. The number of alkyl halides is 1. The molecule has 0 radical (unpaired) electrons. The summed E-state index contributed by atoms with van der Waals surface area (Å²) in [5, 5.41) is -0.170. The second-order valence-electron chi connectivity index (χ2n) is 5.44. The van der Waals surface area contributed by atoms with Crippen molar-refractivity contribution in [2.75, 3.05) is 7.11 Å². The fourth-order valence-corrected chi connectivity index (χ4v) is 3.02. The Morgan fingerprint density at radius 2 is 2.10 bits per heavy atom. The number of halogens is 1. The monoisotopic (exact) mass is 294 g/mol. The first-order valence-corrected chi connectivity index (χ1v) is 7.48. The Morgan fingerprint density at radius 1 is 1.35 bits per heavy atom. The highest BCUT2D eigenvalue weighted by atomic mass is 35.5. The van der Waals surface area contributed by atoms with E-state index < -0.39 is 0 Å². The van der Waals surface area contributed by atoms with Crippen LogP contribution in [0, 0.1) is 5.92 Å². The maximum atomic E-state index is 6.31. The van der Waals surface area contributed by atoms with Gasteiger partial charge in [0.15, 0.2) is 11.2 Å². The van der Waals surface area contributed by atoms with Crippen LogP contribution in [0.2, 0.25) is 0 Å². The summed E-state index contributed by atoms with van der Waals surface area (Å²) in [6.45, 7) is 4.16. The quantitative estimate of drug-likeness (QED) is 0.810. The summed E-state index contributed by atoms with van der Waals surface area (Å²) in [7, 11) is 1.60. The van der Waals surface area contributed by atoms with Gasteiger partial charge in [0.05, 0.1) is 12.5 Å². The van der Waals surface area contributed by atoms with Crippen molar-refractivity contribution in [1.82, 2.24) is 19.5 Å². The first-order valence-electron chi connectivity index (χ1n) is 7.04. The number of hydrogen-bond acceptors (Lipinski definition) is 4. The van der Waals surface area contributed by atoms with Crippen molar-refractivity contribution in [1.29, 1.82) is 0 Å². The van der Waals surface area contributed by atoms with Gasteiger partial charge in [-0.2, -0.15) is 4.98 Å². The largest absolute Gasteiger partial charge is 0.479 e. The average molecular weight is 295 g/mol. The number of nitrogens with zero attached hydrogens (tertiary/aromatic N) is 4. The maximum absolute atomic E-state index is 6.31. The van der Waals surface area contributed by atoms with Gasteiger partial charge in [0.2, 0.25) is 5.88 Å². The van der Waals surface area contributed by atoms with E-state index in [9.17, 15) is 0 Å². The molecule has 2 aromatic rings. The number of aromatic nitrogens is 4. The van der Waals surface area contributed by atoms with E-state index in [0.29, 0.717) is 23.4 Å². The van der Waals surface area contributed by atoms with E-state index in [1.165, 1.54) is 25.6 Å². The first-order chi connectivity index (χ1) is 9.63. The highest BCUT2D eigenvalue weighted by molar-refractivity contribution is 6.20. The number of rotatable bonds is 4. The van der Waals surface area contributed by atoms with Crippen LogP contribution in [0.5, 0.6) is 5.88 Å². The zero-order valence-corrected chi connectivity index (χ0v) is 12.8. The molecular weight excluding hydrogens is 276 g/mol. The highest BCUT2D eigenvalue weighted by Gasteiger charge is 2.30. The molecule has 0 spiro atoms. The fourth-order valence-electron chi connectivity index (χ4n) is 2.87. The molecule has 1 aliphatic carbocycles. The molecule has 0 amide bonds. The van der Waals surface area contributed by atoms with E-state index in [4.69, 9.17) is 16.3 Å². The highest BCUT2D eigenvalue weighted by Crippen LogP contribution is 2.40. The van der Waals surface area contributed by atoms with Crippen LogP contribution in [0.4, 0.5) is 0 Å². The van der Waals surface area contributed by atoms with Crippen molar-refractivity contribution < 1.29 is 4.74 Å². The lowest BCUT2D eigenvalue weighted by Crippen LogP contribution is -2.24. The predicted molar refractivity (Wildman–Crippen MR) is 78.2 cm³/mol. The molecule has 2 unspecified atom stereocenters. The average Bonchev–Trinajstić information content (AvgIpc) is 2.75. The number of ether oxygens (including phenoxy) is 1. The molecular formula is C14H19ClN4O. The third kappa shape index (κ3) is 2.04. The Kier molecular flexibility index (Phi) is 3.54. The number of methoxy groups -OCH3 is 1. The van der Waals surface area contributed by atoms with Gasteiger partial charge >= 0.3 is 0 Å². The van der Waals surface area contributed by atoms with Gasteiger partial charge in [-0.1, -0.05) is 6.42 Å². The number of imidazole rings is 1. The lowest BCUT2D eigenvalue weighted by Gasteiger charge is -2.33. The molecule has 0 aromatic carbocycles. The second kappa shape index (κ2) is 5.20. The zero-order valence-electron chi connectivity index (χ0n) is 12.0. The molecule has 108 valence electrons. The number of fused-ring (bicyclic) bond motifs is 1. The zero-order chi connectivity index (χ0) is 14.3. The first kappa shape index (κ1) is 13.6. The van der Waals surface area contributed by atoms with Crippen LogP contribution in [0.3, 0.4) is 0 Å². The Balaban J connectivity index is 2.18. The fraction of sp³-hybridized carbons (Fsp3) is 0.643. The second-order valence-corrected chi connectivity index (χ2v) is 6.10. The summed E-state index contributed by atoms with van der Waals surface area (Å²) in [5.41, 5.74) is 1.52. The summed E-state index contributed by atoms with van der Waals surface area (Å²) >= 11 is 6.31. The Labute approximate surface area is 123 Å². The molecule has 1 fully saturated rings. The topological polar surface area (TPSA) is 52.8 Å². The van der Waals surface area contributed by atoms with E-state index in [1.807, 2.05) is 6.92 Å². The van der Waals surface area contributed by atoms with Crippen molar-refractivity contribution in [3.8, 4) is 5.88 Å². The van der Waals surface area contributed by atoms with Gasteiger partial charge in [0, 0.05) is 6.04 Å². The molecule has 2 atom stereocenters. The van der Waals surface area contributed by atoms with Gasteiger partial charge in [-0.05, 0) is 32.6 Å². The summed E-state index contributed by atoms with van der Waals surface area (Å²) in [6.07, 6.45) is 5.36. The van der Waals surface area contributed by atoms with Gasteiger partial charge in [-0.3, -0.25) is 0 Å². The van der Waals surface area contributed by atoms with E-state index in [-0.39, 0.29) is 5.38 Å². The predicted octanol–water partition coefficient (Wildman–Crippen LogP) is 3.50. The smallest absolute Gasteiger partial charge is 0.245 e. The molecule has 6 heteroatoms. The van der Waals surface area contributed by atoms with Crippen molar-refractivity contribution >= 4 is 22.8 Å². The summed E-state index contributed by atoms with van der Waals surface area (Å²) in [6, 6.07) is 0.351. The van der Waals surface area contributed by atoms with Gasteiger partial charge in [-0.25, -0.2) is 9.97 Å². The van der Waals surface area contributed by atoms with E-state index >= 15 is 0 Å². The van der Waals surface area contributed by atoms with Crippen molar-refractivity contribution in [2.45, 2.75) is 44.5 Å². The Bertz CT molecular complexity index is 621. The van der Waals surface area contributed by atoms with Gasteiger partial charge < -0.3 is 9.30 Å². The molecule has 0 N–H and O–H groups in total. The minimum Gasteiger partial charge on any atom is -0.479 e. The van der Waals surface area contributed by atoms with Gasteiger partial charge in [0.25, 0.3) is 0 Å². The molecule has 0 saturated heterocycles. The van der Waals surface area contributed by atoms with Crippen molar-refractivity contribution in [2.24, 2.45) is 5.92 Å². The molecule has 0 bridgehead atoms. The minimum atomic E-state index is -0.170. The lowest BCUT2D eigenvalue weighted by molar-refractivity contribution is 0.222. The molecule has 0 aliphatic heterocycles. The van der Waals surface area contributed by atoms with Crippen LogP contribution in [0.15, 0.2) is 6.33 Å². The molecule has 1 saturated carbocycles. The molecule has 5 nitrogen and oxygen atoms in total. The Hall–Kier alpha value is -1.36. The minimum absolute atomic E-state index is 0.170. The molecule has 3 rings (SSSR count). The van der Waals surface area contributed by atoms with Crippen LogP contribution in [0.1, 0.15) is 50.4 Å². The molecule has 2 heterocycles. The third-order valence-electron chi connectivity index (χ3n) is 4.26. The SMILES string of the molecule is COc1ncnc2c1nc(C(C)Cl)n2C(C)C1CCC1. The number of hydrogen-bond donors (Lipinski definition) is 0. The summed E-state index contributed by atoms with van der Waals surface area (Å²) in [5.74, 6) is 2.04. The lowest BCUT2D eigenvalue weighted by atomic mass is 9.80. The van der Waals surface area contributed by atoms with Crippen LogP contribution in [-0.2, 0) is 0 Å². The molecule has 2 aromatic heterocycles. The van der Waals surface area contributed by atoms with Crippen LogP contribution in [0.25, 0.3) is 11.2 Å². The standard InChI is InChI=1S/C14H19ClN4O/c1-8(15)12-18-11-13(16-7-17-14(11)20-3)19(12)9(2)10-5-4-6-10/h7-10H,4-6H2,1-3H3. The maximum Gasteiger partial charge on any atom is 0.245 e. The van der Waals surface area contributed by atoms with E-state index in [2.05, 4.69) is 26.4 Å². The van der Waals surface area contributed by atoms with Gasteiger partial charge in [-0.15, -0.1) is 11.6 Å². The van der Waals surface area contributed by atoms with Crippen LogP contribution >= 0.6 is 11.6 Å². The molecule has 1 aliphatic rings. The van der Waals surface area contributed by atoms with Crippen LogP contribution in [-0.4, -0.2) is 26.6 Å².